The number of thiophene rings is 1. The van der Waals surface area contributed by atoms with Crippen LogP contribution in [0.5, 0.6) is 0 Å². The summed E-state index contributed by atoms with van der Waals surface area (Å²) in [5, 5.41) is 6.08. The first-order valence-corrected chi connectivity index (χ1v) is 9.81. The number of carbonyl (C=O) groups excluding carboxylic acids is 1. The van der Waals surface area contributed by atoms with Crippen molar-refractivity contribution in [1.82, 2.24) is 19.9 Å². The molecule has 3 heterocycles. The third kappa shape index (κ3) is 5.45. The summed E-state index contributed by atoms with van der Waals surface area (Å²) < 4.78 is 5.46. The van der Waals surface area contributed by atoms with Crippen LogP contribution in [0.25, 0.3) is 10.7 Å². The van der Waals surface area contributed by atoms with E-state index in [-0.39, 0.29) is 42.2 Å². The van der Waals surface area contributed by atoms with Crippen molar-refractivity contribution < 1.29 is 9.32 Å². The Balaban J connectivity index is 0.00000196. The molecule has 28 heavy (non-hydrogen) atoms. The van der Waals surface area contributed by atoms with Crippen LogP contribution in [0, 0.1) is 5.41 Å². The summed E-state index contributed by atoms with van der Waals surface area (Å²) >= 11 is 1.59. The van der Waals surface area contributed by atoms with E-state index in [1.807, 2.05) is 43.2 Å². The molecule has 0 saturated carbocycles. The lowest BCUT2D eigenvalue weighted by molar-refractivity contribution is -0.137. The maximum Gasteiger partial charge on any atom is 0.244 e. The van der Waals surface area contributed by atoms with Gasteiger partial charge < -0.3 is 15.2 Å². The van der Waals surface area contributed by atoms with Crippen molar-refractivity contribution in [3.8, 4) is 10.7 Å². The van der Waals surface area contributed by atoms with E-state index in [9.17, 15) is 4.79 Å². The minimum Gasteiger partial charge on any atom is -0.339 e. The van der Waals surface area contributed by atoms with E-state index in [2.05, 4.69) is 22.0 Å². The van der Waals surface area contributed by atoms with E-state index in [1.54, 1.807) is 11.3 Å². The quantitative estimate of drug-likeness (QED) is 0.770. The number of hydrogen-bond donors (Lipinski definition) is 1. The van der Waals surface area contributed by atoms with Crippen molar-refractivity contribution in [3.05, 3.63) is 23.4 Å². The molecule has 7 nitrogen and oxygen atoms in total. The molecule has 0 spiro atoms. The molecule has 0 radical (unpaired) electrons. The lowest BCUT2D eigenvalue weighted by atomic mass is 9.86. The van der Waals surface area contributed by atoms with Crippen molar-refractivity contribution >= 4 is 42.1 Å². The minimum absolute atomic E-state index is 0. The molecule has 1 amide bonds. The Hall–Kier alpha value is -1.19. The van der Waals surface area contributed by atoms with Crippen LogP contribution in [0.15, 0.2) is 22.0 Å². The minimum atomic E-state index is -0.476. The molecular weight excluding hydrogens is 421 g/mol. The first kappa shape index (κ1) is 24.8. The second-order valence-corrected chi connectivity index (χ2v) is 8.76. The molecule has 0 aromatic carbocycles. The molecule has 2 atom stereocenters. The largest absolute Gasteiger partial charge is 0.339 e. The van der Waals surface area contributed by atoms with Crippen LogP contribution in [-0.2, 0) is 4.79 Å². The zero-order valence-electron chi connectivity index (χ0n) is 16.6. The summed E-state index contributed by atoms with van der Waals surface area (Å²) in [6.07, 6.45) is 0. The van der Waals surface area contributed by atoms with Gasteiger partial charge in [0, 0.05) is 26.2 Å². The van der Waals surface area contributed by atoms with Crippen LogP contribution in [-0.4, -0.2) is 58.1 Å². The summed E-state index contributed by atoms with van der Waals surface area (Å²) in [5.41, 5.74) is 5.89. The second kappa shape index (κ2) is 10.0. The van der Waals surface area contributed by atoms with Crippen LogP contribution in [0.4, 0.5) is 0 Å². The monoisotopic (exact) mass is 449 g/mol. The molecule has 1 fully saturated rings. The molecule has 10 heteroatoms. The molecule has 158 valence electrons. The zero-order chi connectivity index (χ0) is 18.9. The molecule has 1 saturated heterocycles. The van der Waals surface area contributed by atoms with Crippen molar-refractivity contribution in [2.24, 2.45) is 11.1 Å². The number of piperazine rings is 1. The Morgan fingerprint density at radius 3 is 2.43 bits per heavy atom. The summed E-state index contributed by atoms with van der Waals surface area (Å²) in [7, 11) is 0. The number of nitrogens with zero attached hydrogens (tertiary/aromatic N) is 4. The summed E-state index contributed by atoms with van der Waals surface area (Å²) in [6.45, 7) is 10.9. The number of aromatic nitrogens is 2. The molecule has 0 aliphatic carbocycles. The van der Waals surface area contributed by atoms with Crippen LogP contribution in [0.1, 0.15) is 39.6 Å². The van der Waals surface area contributed by atoms with E-state index in [4.69, 9.17) is 10.3 Å². The molecule has 2 aromatic heterocycles. The standard InChI is InChI=1S/C18H27N5O2S.2ClH/c1-12(16-20-15(21-25-16)13-6-5-11-26-13)22-7-9-23(10-8-22)17(24)14(19)18(2,3)4;;/h5-6,11-12,14H,7-10,19H2,1-4H3;2*1H/t12?,14-;;/m1../s1. The lowest BCUT2D eigenvalue weighted by Crippen LogP contribution is -2.56. The van der Waals surface area contributed by atoms with Crippen LogP contribution in [0.3, 0.4) is 0 Å². The first-order valence-electron chi connectivity index (χ1n) is 8.93. The Morgan fingerprint density at radius 2 is 1.89 bits per heavy atom. The van der Waals surface area contributed by atoms with Crippen molar-refractivity contribution in [2.75, 3.05) is 26.2 Å². The maximum atomic E-state index is 12.6. The summed E-state index contributed by atoms with van der Waals surface area (Å²) in [5.74, 6) is 1.27. The number of nitrogens with two attached hydrogens (primary N) is 1. The first-order chi connectivity index (χ1) is 12.3. The Morgan fingerprint density at radius 1 is 1.25 bits per heavy atom. The molecule has 1 aliphatic heterocycles. The van der Waals surface area contributed by atoms with Gasteiger partial charge in [-0.2, -0.15) is 4.98 Å². The van der Waals surface area contributed by atoms with E-state index in [1.165, 1.54) is 0 Å². The van der Waals surface area contributed by atoms with Gasteiger partial charge in [-0.1, -0.05) is 32.0 Å². The summed E-state index contributed by atoms with van der Waals surface area (Å²) in [6, 6.07) is 3.49. The number of rotatable bonds is 4. The van der Waals surface area contributed by atoms with Gasteiger partial charge in [0.15, 0.2) is 0 Å². The average Bonchev–Trinajstić information content (AvgIpc) is 3.30. The third-order valence-corrected chi connectivity index (χ3v) is 5.78. The van der Waals surface area contributed by atoms with Crippen LogP contribution >= 0.6 is 36.2 Å². The molecule has 2 N–H and O–H groups in total. The predicted molar refractivity (Wildman–Crippen MR) is 116 cm³/mol. The molecule has 2 aromatic rings. The fourth-order valence-electron chi connectivity index (χ4n) is 2.96. The van der Waals surface area contributed by atoms with Crippen LogP contribution in [0.2, 0.25) is 0 Å². The topological polar surface area (TPSA) is 88.5 Å². The van der Waals surface area contributed by atoms with Gasteiger partial charge in [-0.15, -0.1) is 36.2 Å². The molecule has 3 rings (SSSR count). The number of halogens is 2. The summed E-state index contributed by atoms with van der Waals surface area (Å²) in [4.78, 5) is 22.2. The Bertz CT molecular complexity index is 739. The van der Waals surface area contributed by atoms with Gasteiger partial charge in [-0.25, -0.2) is 0 Å². The zero-order valence-corrected chi connectivity index (χ0v) is 19.1. The van der Waals surface area contributed by atoms with Crippen molar-refractivity contribution in [2.45, 2.75) is 39.8 Å². The molecular formula is C18H29Cl2N5O2S. The van der Waals surface area contributed by atoms with Gasteiger partial charge >= 0.3 is 0 Å². The van der Waals surface area contributed by atoms with E-state index in [0.717, 1.165) is 18.0 Å². The number of carbonyl (C=O) groups is 1. The highest BCUT2D eigenvalue weighted by atomic mass is 35.5. The van der Waals surface area contributed by atoms with E-state index >= 15 is 0 Å². The average molecular weight is 450 g/mol. The highest BCUT2D eigenvalue weighted by Gasteiger charge is 2.34. The van der Waals surface area contributed by atoms with Crippen molar-refractivity contribution in [3.63, 3.8) is 0 Å². The number of amides is 1. The third-order valence-electron chi connectivity index (χ3n) is 4.91. The smallest absolute Gasteiger partial charge is 0.244 e. The van der Waals surface area contributed by atoms with E-state index in [0.29, 0.717) is 24.8 Å². The van der Waals surface area contributed by atoms with Gasteiger partial charge in [-0.3, -0.25) is 9.69 Å². The second-order valence-electron chi connectivity index (χ2n) is 7.81. The predicted octanol–water partition coefficient (Wildman–Crippen LogP) is 3.22. The SMILES string of the molecule is CC(c1nc(-c2cccs2)no1)N1CCN(C(=O)[C@@H](N)C(C)(C)C)CC1.Cl.Cl. The van der Waals surface area contributed by atoms with Gasteiger partial charge in [-0.05, 0) is 23.8 Å². The van der Waals surface area contributed by atoms with E-state index < -0.39 is 6.04 Å². The lowest BCUT2D eigenvalue weighted by Gasteiger charge is -2.39. The van der Waals surface area contributed by atoms with Crippen molar-refractivity contribution in [1.29, 1.82) is 0 Å². The molecule has 1 unspecified atom stereocenters. The Labute approximate surface area is 182 Å². The van der Waals surface area contributed by atoms with Gasteiger partial charge in [0.1, 0.15) is 0 Å². The maximum absolute atomic E-state index is 12.6. The van der Waals surface area contributed by atoms with Gasteiger partial charge in [0.05, 0.1) is 17.0 Å². The van der Waals surface area contributed by atoms with Crippen LogP contribution < -0.4 is 5.73 Å². The fraction of sp³-hybridized carbons (Fsp3) is 0.611. The highest BCUT2D eigenvalue weighted by molar-refractivity contribution is 7.13. The normalized spacial score (nSPS) is 17.4. The fourth-order valence-corrected chi connectivity index (χ4v) is 3.61. The van der Waals surface area contributed by atoms with Gasteiger partial charge in [0.25, 0.3) is 0 Å². The molecule has 0 bridgehead atoms. The Kier molecular flexibility index (Phi) is 8.90. The van der Waals surface area contributed by atoms with Gasteiger partial charge in [0.2, 0.25) is 17.6 Å². The number of hydrogen-bond acceptors (Lipinski definition) is 7. The molecule has 1 aliphatic rings. The highest BCUT2D eigenvalue weighted by Crippen LogP contribution is 2.26.